The summed E-state index contributed by atoms with van der Waals surface area (Å²) < 4.78 is 0. The van der Waals surface area contributed by atoms with E-state index >= 15 is 0 Å². The lowest BCUT2D eigenvalue weighted by Crippen LogP contribution is -2.36. The summed E-state index contributed by atoms with van der Waals surface area (Å²) in [5.74, 6) is 0.446. The minimum Gasteiger partial charge on any atom is -0.367 e. The normalized spacial score (nSPS) is 23.5. The van der Waals surface area contributed by atoms with Crippen molar-refractivity contribution in [2.75, 3.05) is 13.1 Å². The SMILES string of the molecule is O=C(NCC1CC(=O)N(C2CCCC2)C1)c1cc[nH]c1. The molecular weight excluding hydrogens is 254 g/mol. The number of amides is 2. The standard InChI is InChI=1S/C15H21N3O2/c19-14-7-11(10-18(14)13-3-1-2-4-13)8-17-15(20)12-5-6-16-9-12/h5-6,9,11,13,16H,1-4,7-8,10H2,(H,17,20). The fraction of sp³-hybridized carbons (Fsp3) is 0.600. The van der Waals surface area contributed by atoms with Crippen molar-refractivity contribution >= 4 is 11.8 Å². The molecule has 2 aliphatic rings. The molecule has 3 rings (SSSR count). The first-order valence-electron chi connectivity index (χ1n) is 7.44. The van der Waals surface area contributed by atoms with Crippen molar-refractivity contribution in [2.45, 2.75) is 38.1 Å². The average Bonchev–Trinajstić information content (AvgIpc) is 3.17. The molecule has 2 fully saturated rings. The lowest BCUT2D eigenvalue weighted by atomic mass is 10.1. The maximum Gasteiger partial charge on any atom is 0.252 e. The minimum atomic E-state index is -0.0713. The van der Waals surface area contributed by atoms with Crippen molar-refractivity contribution in [2.24, 2.45) is 5.92 Å². The van der Waals surface area contributed by atoms with Crippen LogP contribution in [0.15, 0.2) is 18.5 Å². The number of carbonyl (C=O) groups is 2. The summed E-state index contributed by atoms with van der Waals surface area (Å²) in [5, 5.41) is 2.92. The van der Waals surface area contributed by atoms with Crippen molar-refractivity contribution in [3.05, 3.63) is 24.0 Å². The third-order valence-corrected chi connectivity index (χ3v) is 4.42. The van der Waals surface area contributed by atoms with Crippen LogP contribution in [0, 0.1) is 5.92 Å². The second-order valence-corrected chi connectivity index (χ2v) is 5.86. The summed E-state index contributed by atoms with van der Waals surface area (Å²) in [6.45, 7) is 1.38. The van der Waals surface area contributed by atoms with Gasteiger partial charge in [0.15, 0.2) is 0 Å². The van der Waals surface area contributed by atoms with Gasteiger partial charge < -0.3 is 15.2 Å². The number of H-pyrrole nitrogens is 1. The Labute approximate surface area is 118 Å². The van der Waals surface area contributed by atoms with E-state index in [4.69, 9.17) is 0 Å². The molecule has 1 aromatic rings. The van der Waals surface area contributed by atoms with Gasteiger partial charge in [-0.15, -0.1) is 0 Å². The summed E-state index contributed by atoms with van der Waals surface area (Å²) in [5.41, 5.74) is 0.641. The first kappa shape index (κ1) is 13.2. The molecule has 0 aromatic carbocycles. The molecule has 1 atom stereocenters. The molecule has 1 aromatic heterocycles. The summed E-state index contributed by atoms with van der Waals surface area (Å²) in [6.07, 6.45) is 8.76. The van der Waals surface area contributed by atoms with Crippen LogP contribution in [0.25, 0.3) is 0 Å². The van der Waals surface area contributed by atoms with E-state index in [2.05, 4.69) is 10.3 Å². The van der Waals surface area contributed by atoms with E-state index in [-0.39, 0.29) is 17.7 Å². The van der Waals surface area contributed by atoms with Gasteiger partial charge in [-0.05, 0) is 18.9 Å². The topological polar surface area (TPSA) is 65.2 Å². The maximum absolute atomic E-state index is 12.1. The zero-order valence-electron chi connectivity index (χ0n) is 11.6. The summed E-state index contributed by atoms with van der Waals surface area (Å²) in [6, 6.07) is 2.20. The highest BCUT2D eigenvalue weighted by Crippen LogP contribution is 2.29. The molecule has 0 bridgehead atoms. The molecule has 2 N–H and O–H groups in total. The second kappa shape index (κ2) is 5.69. The van der Waals surface area contributed by atoms with Crippen LogP contribution in [-0.2, 0) is 4.79 Å². The van der Waals surface area contributed by atoms with E-state index < -0.39 is 0 Å². The van der Waals surface area contributed by atoms with Crippen LogP contribution in [-0.4, -0.2) is 40.8 Å². The first-order chi connectivity index (χ1) is 9.74. The maximum atomic E-state index is 12.1. The lowest BCUT2D eigenvalue weighted by Gasteiger charge is -2.24. The van der Waals surface area contributed by atoms with Crippen molar-refractivity contribution in [3.63, 3.8) is 0 Å². The van der Waals surface area contributed by atoms with Crippen molar-refractivity contribution in [1.29, 1.82) is 0 Å². The Bertz CT molecular complexity index is 477. The molecular formula is C15H21N3O2. The Balaban J connectivity index is 1.49. The third kappa shape index (κ3) is 2.71. The molecule has 5 nitrogen and oxygen atoms in total. The predicted molar refractivity (Wildman–Crippen MR) is 75.2 cm³/mol. The third-order valence-electron chi connectivity index (χ3n) is 4.42. The van der Waals surface area contributed by atoms with Gasteiger partial charge in [-0.3, -0.25) is 9.59 Å². The van der Waals surface area contributed by atoms with E-state index in [9.17, 15) is 9.59 Å². The van der Waals surface area contributed by atoms with Gasteiger partial charge in [-0.2, -0.15) is 0 Å². The van der Waals surface area contributed by atoms with Gasteiger partial charge in [0.1, 0.15) is 0 Å². The Morgan fingerprint density at radius 2 is 2.20 bits per heavy atom. The smallest absolute Gasteiger partial charge is 0.252 e. The zero-order valence-corrected chi connectivity index (χ0v) is 11.6. The highest BCUT2D eigenvalue weighted by molar-refractivity contribution is 5.94. The van der Waals surface area contributed by atoms with Crippen molar-refractivity contribution < 1.29 is 9.59 Å². The molecule has 2 heterocycles. The number of hydrogen-bond donors (Lipinski definition) is 2. The van der Waals surface area contributed by atoms with Gasteiger partial charge >= 0.3 is 0 Å². The largest absolute Gasteiger partial charge is 0.367 e. The van der Waals surface area contributed by atoms with Crippen LogP contribution in [0.2, 0.25) is 0 Å². The van der Waals surface area contributed by atoms with Gasteiger partial charge in [0.25, 0.3) is 5.91 Å². The molecule has 108 valence electrons. The number of aromatic amines is 1. The molecule has 20 heavy (non-hydrogen) atoms. The number of nitrogens with zero attached hydrogens (tertiary/aromatic N) is 1. The molecule has 1 saturated heterocycles. The van der Waals surface area contributed by atoms with E-state index in [0.717, 1.165) is 19.4 Å². The highest BCUT2D eigenvalue weighted by Gasteiger charge is 2.35. The quantitative estimate of drug-likeness (QED) is 0.875. The zero-order chi connectivity index (χ0) is 13.9. The average molecular weight is 275 g/mol. The fourth-order valence-corrected chi connectivity index (χ4v) is 3.32. The number of hydrogen-bond acceptors (Lipinski definition) is 2. The van der Waals surface area contributed by atoms with Crippen LogP contribution >= 0.6 is 0 Å². The van der Waals surface area contributed by atoms with E-state index in [1.165, 1.54) is 12.8 Å². The van der Waals surface area contributed by atoms with E-state index in [1.54, 1.807) is 18.5 Å². The fourth-order valence-electron chi connectivity index (χ4n) is 3.32. The second-order valence-electron chi connectivity index (χ2n) is 5.86. The molecule has 1 unspecified atom stereocenters. The number of rotatable bonds is 4. The van der Waals surface area contributed by atoms with E-state index in [0.29, 0.717) is 24.6 Å². The van der Waals surface area contributed by atoms with E-state index in [1.807, 2.05) is 4.90 Å². The number of carbonyl (C=O) groups excluding carboxylic acids is 2. The van der Waals surface area contributed by atoms with Gasteiger partial charge in [0.2, 0.25) is 5.91 Å². The Hall–Kier alpha value is -1.78. The Kier molecular flexibility index (Phi) is 3.76. The number of likely N-dealkylation sites (tertiary alicyclic amines) is 1. The lowest BCUT2D eigenvalue weighted by molar-refractivity contribution is -0.129. The first-order valence-corrected chi connectivity index (χ1v) is 7.44. The monoisotopic (exact) mass is 275 g/mol. The molecule has 1 aliphatic carbocycles. The summed E-state index contributed by atoms with van der Waals surface area (Å²) in [4.78, 5) is 28.8. The molecule has 5 heteroatoms. The predicted octanol–water partition coefficient (Wildman–Crippen LogP) is 1.54. The molecule has 2 amide bonds. The molecule has 0 spiro atoms. The van der Waals surface area contributed by atoms with Crippen LogP contribution in [0.1, 0.15) is 42.5 Å². The number of nitrogens with one attached hydrogen (secondary N) is 2. The van der Waals surface area contributed by atoms with Gasteiger partial charge in [-0.25, -0.2) is 0 Å². The molecule has 1 saturated carbocycles. The van der Waals surface area contributed by atoms with Crippen LogP contribution < -0.4 is 5.32 Å². The molecule has 1 aliphatic heterocycles. The van der Waals surface area contributed by atoms with Crippen LogP contribution in [0.5, 0.6) is 0 Å². The Morgan fingerprint density at radius 1 is 1.40 bits per heavy atom. The van der Waals surface area contributed by atoms with Crippen LogP contribution in [0.3, 0.4) is 0 Å². The van der Waals surface area contributed by atoms with Gasteiger partial charge in [0.05, 0.1) is 5.56 Å². The van der Waals surface area contributed by atoms with Gasteiger partial charge in [0, 0.05) is 43.9 Å². The van der Waals surface area contributed by atoms with Crippen LogP contribution in [0.4, 0.5) is 0 Å². The van der Waals surface area contributed by atoms with Crippen molar-refractivity contribution in [3.8, 4) is 0 Å². The van der Waals surface area contributed by atoms with Gasteiger partial charge in [-0.1, -0.05) is 12.8 Å². The molecule has 0 radical (unpaired) electrons. The Morgan fingerprint density at radius 3 is 2.90 bits per heavy atom. The minimum absolute atomic E-state index is 0.0713. The summed E-state index contributed by atoms with van der Waals surface area (Å²) in [7, 11) is 0. The summed E-state index contributed by atoms with van der Waals surface area (Å²) >= 11 is 0. The highest BCUT2D eigenvalue weighted by atomic mass is 16.2. The number of aromatic nitrogens is 1. The van der Waals surface area contributed by atoms with Crippen molar-refractivity contribution in [1.82, 2.24) is 15.2 Å².